The van der Waals surface area contributed by atoms with E-state index in [1.54, 1.807) is 6.92 Å². The molecule has 1 aromatic rings. The lowest BCUT2D eigenvalue weighted by molar-refractivity contribution is 0.0955. The van der Waals surface area contributed by atoms with E-state index < -0.39 is 15.9 Å². The zero-order chi connectivity index (χ0) is 13.2. The van der Waals surface area contributed by atoms with Gasteiger partial charge in [0.15, 0.2) is 0 Å². The third kappa shape index (κ3) is 3.41. The molecule has 94 valence electrons. The lowest BCUT2D eigenvalue weighted by Crippen LogP contribution is -2.23. The Kier molecular flexibility index (Phi) is 4.54. The van der Waals surface area contributed by atoms with Crippen molar-refractivity contribution < 1.29 is 13.2 Å². The summed E-state index contributed by atoms with van der Waals surface area (Å²) < 4.78 is 22.7. The van der Waals surface area contributed by atoms with Crippen molar-refractivity contribution in [3.8, 4) is 0 Å². The fourth-order valence-electron chi connectivity index (χ4n) is 1.16. The molecule has 5 nitrogen and oxygen atoms in total. The highest BCUT2D eigenvalue weighted by Gasteiger charge is 2.18. The molecule has 0 atom stereocenters. The van der Waals surface area contributed by atoms with Crippen LogP contribution in [0.3, 0.4) is 0 Å². The molecular formula is C9H10BrClN2O3S. The van der Waals surface area contributed by atoms with Gasteiger partial charge >= 0.3 is 0 Å². The number of primary sulfonamides is 1. The minimum Gasteiger partial charge on any atom is -0.352 e. The molecule has 1 amide bonds. The van der Waals surface area contributed by atoms with Gasteiger partial charge in [0, 0.05) is 12.1 Å². The molecule has 0 saturated carbocycles. The Morgan fingerprint density at radius 2 is 2.12 bits per heavy atom. The van der Waals surface area contributed by atoms with Gasteiger partial charge in [0.1, 0.15) is 0 Å². The zero-order valence-electron chi connectivity index (χ0n) is 8.83. The van der Waals surface area contributed by atoms with Crippen LogP contribution in [0.5, 0.6) is 0 Å². The molecule has 0 fully saturated rings. The summed E-state index contributed by atoms with van der Waals surface area (Å²) in [4.78, 5) is 11.4. The van der Waals surface area contributed by atoms with Crippen LogP contribution in [0.25, 0.3) is 0 Å². The van der Waals surface area contributed by atoms with E-state index in [1.165, 1.54) is 12.1 Å². The first-order valence-electron chi connectivity index (χ1n) is 4.57. The predicted octanol–water partition coefficient (Wildman–Crippen LogP) is 1.50. The normalized spacial score (nSPS) is 11.3. The molecule has 8 heteroatoms. The van der Waals surface area contributed by atoms with Crippen molar-refractivity contribution in [1.29, 1.82) is 0 Å². The molecule has 0 unspecified atom stereocenters. The summed E-state index contributed by atoms with van der Waals surface area (Å²) in [6, 6.07) is 2.54. The predicted molar refractivity (Wildman–Crippen MR) is 68.5 cm³/mol. The van der Waals surface area contributed by atoms with Crippen molar-refractivity contribution >= 4 is 43.5 Å². The molecule has 0 aliphatic rings. The number of hydrogen-bond acceptors (Lipinski definition) is 3. The molecule has 0 aliphatic heterocycles. The van der Waals surface area contributed by atoms with Gasteiger partial charge in [-0.15, -0.1) is 0 Å². The SMILES string of the molecule is CCNC(=O)c1cc(Cl)c(Br)c(S(N)(=O)=O)c1. The van der Waals surface area contributed by atoms with Crippen LogP contribution in [-0.2, 0) is 10.0 Å². The topological polar surface area (TPSA) is 89.3 Å². The Labute approximate surface area is 113 Å². The summed E-state index contributed by atoms with van der Waals surface area (Å²) in [5.41, 5.74) is 0.143. The number of amides is 1. The minimum atomic E-state index is -3.94. The van der Waals surface area contributed by atoms with Gasteiger partial charge < -0.3 is 5.32 Å². The second-order valence-electron chi connectivity index (χ2n) is 3.17. The van der Waals surface area contributed by atoms with E-state index in [0.29, 0.717) is 6.54 Å². The Bertz CT molecular complexity index is 560. The number of hydrogen-bond donors (Lipinski definition) is 2. The molecular weight excluding hydrogens is 332 g/mol. The van der Waals surface area contributed by atoms with Gasteiger partial charge in [0.2, 0.25) is 10.0 Å². The Balaban J connectivity index is 3.39. The van der Waals surface area contributed by atoms with E-state index in [1.807, 2.05) is 0 Å². The Morgan fingerprint density at radius 3 is 2.59 bits per heavy atom. The van der Waals surface area contributed by atoms with E-state index in [9.17, 15) is 13.2 Å². The minimum absolute atomic E-state index is 0.109. The summed E-state index contributed by atoms with van der Waals surface area (Å²) in [5, 5.41) is 7.67. The summed E-state index contributed by atoms with van der Waals surface area (Å²) in [6.45, 7) is 2.18. The van der Waals surface area contributed by atoms with Crippen molar-refractivity contribution in [3.63, 3.8) is 0 Å². The molecule has 0 aromatic heterocycles. The van der Waals surface area contributed by atoms with Crippen molar-refractivity contribution in [2.75, 3.05) is 6.54 Å². The fourth-order valence-corrected chi connectivity index (χ4v) is 3.00. The van der Waals surface area contributed by atoms with Crippen LogP contribution in [0, 0.1) is 0 Å². The first-order valence-corrected chi connectivity index (χ1v) is 7.29. The first kappa shape index (κ1) is 14.4. The van der Waals surface area contributed by atoms with E-state index in [0.717, 1.165) is 0 Å². The number of nitrogens with one attached hydrogen (secondary N) is 1. The summed E-state index contributed by atoms with van der Waals surface area (Å²) in [5.74, 6) is -0.410. The fraction of sp³-hybridized carbons (Fsp3) is 0.222. The third-order valence-electron chi connectivity index (χ3n) is 1.90. The maximum Gasteiger partial charge on any atom is 0.251 e. The summed E-state index contributed by atoms with van der Waals surface area (Å²) in [7, 11) is -3.94. The van der Waals surface area contributed by atoms with Crippen LogP contribution in [0.4, 0.5) is 0 Å². The second-order valence-corrected chi connectivity index (χ2v) is 5.90. The van der Waals surface area contributed by atoms with Crippen LogP contribution in [0.1, 0.15) is 17.3 Å². The number of carbonyl (C=O) groups excluding carboxylic acids is 1. The smallest absolute Gasteiger partial charge is 0.251 e. The number of sulfonamides is 1. The quantitative estimate of drug-likeness (QED) is 0.873. The van der Waals surface area contributed by atoms with Gasteiger partial charge in [-0.25, -0.2) is 13.6 Å². The van der Waals surface area contributed by atoms with Crippen LogP contribution in [0.2, 0.25) is 5.02 Å². The van der Waals surface area contributed by atoms with E-state index in [-0.39, 0.29) is 20.0 Å². The van der Waals surface area contributed by atoms with Gasteiger partial charge in [-0.05, 0) is 35.0 Å². The number of nitrogens with two attached hydrogens (primary N) is 1. The van der Waals surface area contributed by atoms with Crippen molar-refractivity contribution in [2.24, 2.45) is 5.14 Å². The molecule has 0 aliphatic carbocycles. The highest BCUT2D eigenvalue weighted by atomic mass is 79.9. The summed E-state index contributed by atoms with van der Waals surface area (Å²) in [6.07, 6.45) is 0. The second kappa shape index (κ2) is 5.34. The van der Waals surface area contributed by atoms with Gasteiger partial charge in [0.05, 0.1) is 14.4 Å². The first-order chi connectivity index (χ1) is 7.77. The maximum atomic E-state index is 11.6. The molecule has 0 saturated heterocycles. The molecule has 0 bridgehead atoms. The zero-order valence-corrected chi connectivity index (χ0v) is 12.0. The van der Waals surface area contributed by atoms with Crippen molar-refractivity contribution in [3.05, 3.63) is 27.2 Å². The molecule has 0 heterocycles. The summed E-state index contributed by atoms with van der Waals surface area (Å²) >= 11 is 8.84. The molecule has 1 rings (SSSR count). The molecule has 1 aromatic carbocycles. The van der Waals surface area contributed by atoms with Gasteiger partial charge in [0.25, 0.3) is 5.91 Å². The van der Waals surface area contributed by atoms with Gasteiger partial charge in [-0.1, -0.05) is 11.6 Å². The van der Waals surface area contributed by atoms with Crippen LogP contribution in [0.15, 0.2) is 21.5 Å². The monoisotopic (exact) mass is 340 g/mol. The number of rotatable bonds is 3. The Hall–Kier alpha value is -0.630. The van der Waals surface area contributed by atoms with Crippen LogP contribution in [-0.4, -0.2) is 20.9 Å². The number of halogens is 2. The van der Waals surface area contributed by atoms with Gasteiger partial charge in [-0.3, -0.25) is 4.79 Å². The van der Waals surface area contributed by atoms with E-state index in [4.69, 9.17) is 16.7 Å². The van der Waals surface area contributed by atoms with Crippen molar-refractivity contribution in [1.82, 2.24) is 5.32 Å². The van der Waals surface area contributed by atoms with Crippen LogP contribution < -0.4 is 10.5 Å². The lowest BCUT2D eigenvalue weighted by atomic mass is 10.2. The lowest BCUT2D eigenvalue weighted by Gasteiger charge is -2.08. The average molecular weight is 342 g/mol. The number of benzene rings is 1. The number of carbonyl (C=O) groups is 1. The average Bonchev–Trinajstić information content (AvgIpc) is 2.20. The third-order valence-corrected chi connectivity index (χ3v) is 4.48. The Morgan fingerprint density at radius 1 is 1.53 bits per heavy atom. The molecule has 0 radical (unpaired) electrons. The van der Waals surface area contributed by atoms with E-state index in [2.05, 4.69) is 21.2 Å². The van der Waals surface area contributed by atoms with Crippen molar-refractivity contribution in [2.45, 2.75) is 11.8 Å². The highest BCUT2D eigenvalue weighted by Crippen LogP contribution is 2.30. The standard InChI is InChI=1S/C9H10BrClN2O3S/c1-2-13-9(14)5-3-6(11)8(10)7(4-5)17(12,15)16/h3-4H,2H2,1H3,(H,13,14)(H2,12,15,16). The largest absolute Gasteiger partial charge is 0.352 e. The molecule has 17 heavy (non-hydrogen) atoms. The molecule has 0 spiro atoms. The van der Waals surface area contributed by atoms with Gasteiger partial charge in [-0.2, -0.15) is 0 Å². The van der Waals surface area contributed by atoms with E-state index >= 15 is 0 Å². The highest BCUT2D eigenvalue weighted by molar-refractivity contribution is 9.10. The van der Waals surface area contributed by atoms with Crippen LogP contribution >= 0.6 is 27.5 Å². The molecule has 3 N–H and O–H groups in total. The maximum absolute atomic E-state index is 11.6.